The van der Waals surface area contributed by atoms with Crippen molar-refractivity contribution in [3.8, 4) is 0 Å². The van der Waals surface area contributed by atoms with Crippen molar-refractivity contribution in [3.63, 3.8) is 0 Å². The first-order valence-corrected chi connectivity index (χ1v) is 13.1. The van der Waals surface area contributed by atoms with Gasteiger partial charge in [-0.3, -0.25) is 4.79 Å². The number of carboxylic acids is 1. The zero-order valence-electron chi connectivity index (χ0n) is 18.8. The van der Waals surface area contributed by atoms with Crippen LogP contribution in [0.2, 0.25) is 0 Å². The largest absolute Gasteiger partial charge is 0.481 e. The van der Waals surface area contributed by atoms with Crippen LogP contribution in [0, 0.1) is 23.7 Å². The summed E-state index contributed by atoms with van der Waals surface area (Å²) in [6.07, 6.45) is 2.24. The molecule has 0 aliphatic carbocycles. The van der Waals surface area contributed by atoms with Crippen LogP contribution in [-0.2, 0) is 24.8 Å². The standard InChI is InChI=1S/C19H40N2O6S2/c1-8-15(9-13(2)18(4,5)28(20,24)25)11-16(12-17(22)23)10-14(3)19(6,7)29(21,26)27/h13-16H,8-12H2,1-7H3,(H,22,23)(H2,20,24,25)(H2,21,26,27). The van der Waals surface area contributed by atoms with Crippen molar-refractivity contribution in [2.45, 2.75) is 90.1 Å². The number of sulfonamides is 2. The summed E-state index contributed by atoms with van der Waals surface area (Å²) in [6, 6.07) is 0. The van der Waals surface area contributed by atoms with Crippen LogP contribution in [0.1, 0.15) is 80.6 Å². The summed E-state index contributed by atoms with van der Waals surface area (Å²) >= 11 is 0. The van der Waals surface area contributed by atoms with Gasteiger partial charge in [-0.1, -0.05) is 27.2 Å². The van der Waals surface area contributed by atoms with Crippen molar-refractivity contribution in [1.82, 2.24) is 0 Å². The molecule has 0 saturated carbocycles. The Morgan fingerprint density at radius 2 is 1.17 bits per heavy atom. The lowest BCUT2D eigenvalue weighted by atomic mass is 9.77. The molecule has 5 N–H and O–H groups in total. The molecule has 8 nitrogen and oxygen atoms in total. The van der Waals surface area contributed by atoms with E-state index in [1.807, 2.05) is 13.8 Å². The molecule has 0 radical (unpaired) electrons. The normalized spacial score (nSPS) is 18.1. The van der Waals surface area contributed by atoms with E-state index in [4.69, 9.17) is 10.3 Å². The quantitative estimate of drug-likeness (QED) is 0.386. The topological polar surface area (TPSA) is 158 Å². The first-order valence-electron chi connectivity index (χ1n) is 10.0. The average molecular weight is 457 g/mol. The van der Waals surface area contributed by atoms with Gasteiger partial charge in [0.15, 0.2) is 0 Å². The zero-order chi connectivity index (χ0) is 23.4. The highest BCUT2D eigenvalue weighted by Gasteiger charge is 2.40. The Hall–Kier alpha value is -0.710. The van der Waals surface area contributed by atoms with E-state index in [0.29, 0.717) is 19.3 Å². The summed E-state index contributed by atoms with van der Waals surface area (Å²) in [5.74, 6) is -1.63. The van der Waals surface area contributed by atoms with Crippen molar-refractivity contribution >= 4 is 26.0 Å². The van der Waals surface area contributed by atoms with Gasteiger partial charge in [0.25, 0.3) is 0 Å². The van der Waals surface area contributed by atoms with Crippen LogP contribution in [0.5, 0.6) is 0 Å². The molecule has 0 spiro atoms. The number of primary sulfonamides is 2. The van der Waals surface area contributed by atoms with E-state index in [1.165, 1.54) is 0 Å². The van der Waals surface area contributed by atoms with Gasteiger partial charge in [0.1, 0.15) is 0 Å². The lowest BCUT2D eigenvalue weighted by Gasteiger charge is -2.35. The number of carboxylic acid groups (broad SMARTS) is 1. The van der Waals surface area contributed by atoms with Gasteiger partial charge in [0, 0.05) is 6.42 Å². The summed E-state index contributed by atoms with van der Waals surface area (Å²) in [4.78, 5) is 11.4. The number of aliphatic carboxylic acids is 1. The fraction of sp³-hybridized carbons (Fsp3) is 0.947. The molecule has 0 aromatic carbocycles. The Morgan fingerprint density at radius 3 is 1.45 bits per heavy atom. The van der Waals surface area contributed by atoms with Gasteiger partial charge >= 0.3 is 5.97 Å². The first kappa shape index (κ1) is 28.3. The van der Waals surface area contributed by atoms with E-state index in [2.05, 4.69) is 0 Å². The number of carbonyl (C=O) groups is 1. The minimum absolute atomic E-state index is 0.0749. The summed E-state index contributed by atoms with van der Waals surface area (Å²) in [5, 5.41) is 20.1. The molecule has 0 heterocycles. The number of rotatable bonds is 13. The van der Waals surface area contributed by atoms with Crippen LogP contribution in [0.4, 0.5) is 0 Å². The predicted molar refractivity (Wildman–Crippen MR) is 116 cm³/mol. The lowest BCUT2D eigenvalue weighted by Crippen LogP contribution is -2.44. The van der Waals surface area contributed by atoms with Crippen molar-refractivity contribution in [3.05, 3.63) is 0 Å². The first-order chi connectivity index (χ1) is 12.8. The lowest BCUT2D eigenvalue weighted by molar-refractivity contribution is -0.138. The molecule has 0 aliphatic rings. The molecule has 10 heteroatoms. The number of hydrogen-bond acceptors (Lipinski definition) is 5. The molecule has 0 aromatic rings. The van der Waals surface area contributed by atoms with Crippen molar-refractivity contribution in [2.75, 3.05) is 0 Å². The third-order valence-electron chi connectivity index (χ3n) is 6.92. The maximum atomic E-state index is 11.9. The minimum Gasteiger partial charge on any atom is -0.481 e. The SMILES string of the molecule is CCC(CC(CC(=O)O)CC(C)C(C)(C)S(N)(=O)=O)CC(C)C(C)(C)S(N)(=O)=O. The summed E-state index contributed by atoms with van der Waals surface area (Å²) in [5.41, 5.74) is 0. The van der Waals surface area contributed by atoms with E-state index >= 15 is 0 Å². The van der Waals surface area contributed by atoms with Crippen LogP contribution in [-0.4, -0.2) is 37.4 Å². The van der Waals surface area contributed by atoms with E-state index in [-0.39, 0.29) is 30.1 Å². The van der Waals surface area contributed by atoms with Gasteiger partial charge in [-0.25, -0.2) is 27.1 Å². The second-order valence-corrected chi connectivity index (χ2v) is 13.8. The van der Waals surface area contributed by atoms with Crippen LogP contribution >= 0.6 is 0 Å². The molecule has 29 heavy (non-hydrogen) atoms. The third kappa shape index (κ3) is 7.80. The second kappa shape index (κ2) is 10.1. The van der Waals surface area contributed by atoms with Gasteiger partial charge in [-0.15, -0.1) is 0 Å². The summed E-state index contributed by atoms with van der Waals surface area (Å²) < 4.78 is 45.4. The van der Waals surface area contributed by atoms with E-state index < -0.39 is 35.5 Å². The highest BCUT2D eigenvalue weighted by atomic mass is 32.2. The fourth-order valence-electron chi connectivity index (χ4n) is 3.54. The molecule has 0 aliphatic heterocycles. The fourth-order valence-corrected chi connectivity index (χ4v) is 4.85. The predicted octanol–water partition coefficient (Wildman–Crippen LogP) is 2.68. The molecule has 0 aromatic heterocycles. The highest BCUT2D eigenvalue weighted by molar-refractivity contribution is 7.90. The Bertz CT molecular complexity index is 760. The van der Waals surface area contributed by atoms with Gasteiger partial charge in [0.05, 0.1) is 9.49 Å². The highest BCUT2D eigenvalue weighted by Crippen LogP contribution is 2.37. The Balaban J connectivity index is 5.46. The molecular formula is C19H40N2O6S2. The van der Waals surface area contributed by atoms with Crippen LogP contribution in [0.25, 0.3) is 0 Å². The maximum Gasteiger partial charge on any atom is 0.303 e. The average Bonchev–Trinajstić information content (AvgIpc) is 2.50. The van der Waals surface area contributed by atoms with Gasteiger partial charge in [0.2, 0.25) is 20.0 Å². The molecule has 0 saturated heterocycles. The summed E-state index contributed by atoms with van der Waals surface area (Å²) in [7, 11) is -7.52. The Kier molecular flexibility index (Phi) is 9.82. The zero-order valence-corrected chi connectivity index (χ0v) is 20.4. The molecule has 0 fully saturated rings. The monoisotopic (exact) mass is 456 g/mol. The van der Waals surface area contributed by atoms with E-state index in [0.717, 1.165) is 6.42 Å². The van der Waals surface area contributed by atoms with Crippen molar-refractivity contribution < 1.29 is 26.7 Å². The number of nitrogens with two attached hydrogens (primary N) is 2. The molecule has 0 rings (SSSR count). The smallest absolute Gasteiger partial charge is 0.303 e. The van der Waals surface area contributed by atoms with Gasteiger partial charge in [-0.2, -0.15) is 0 Å². The summed E-state index contributed by atoms with van der Waals surface area (Å²) in [6.45, 7) is 11.9. The minimum atomic E-state index is -3.79. The van der Waals surface area contributed by atoms with Crippen LogP contribution in [0.15, 0.2) is 0 Å². The Labute approximate surface area is 176 Å². The molecule has 0 bridgehead atoms. The maximum absolute atomic E-state index is 11.9. The van der Waals surface area contributed by atoms with Crippen LogP contribution < -0.4 is 10.3 Å². The van der Waals surface area contributed by atoms with Gasteiger partial charge < -0.3 is 5.11 Å². The third-order valence-corrected chi connectivity index (χ3v) is 10.7. The second-order valence-electron chi connectivity index (χ2n) is 9.54. The number of hydrogen-bond donors (Lipinski definition) is 3. The van der Waals surface area contributed by atoms with Gasteiger partial charge in [-0.05, 0) is 70.6 Å². The molecule has 174 valence electrons. The van der Waals surface area contributed by atoms with Crippen molar-refractivity contribution in [2.24, 2.45) is 33.9 Å². The molecule has 0 amide bonds. The van der Waals surface area contributed by atoms with Crippen molar-refractivity contribution in [1.29, 1.82) is 0 Å². The van der Waals surface area contributed by atoms with E-state index in [9.17, 15) is 26.7 Å². The molecule has 4 atom stereocenters. The van der Waals surface area contributed by atoms with Crippen LogP contribution in [0.3, 0.4) is 0 Å². The molecule has 4 unspecified atom stereocenters. The molecular weight excluding hydrogens is 416 g/mol. The van der Waals surface area contributed by atoms with E-state index in [1.54, 1.807) is 34.6 Å². The Morgan fingerprint density at radius 1 is 0.828 bits per heavy atom.